The number of ether oxygens (including phenoxy) is 1. The molecule has 2 N–H and O–H groups in total. The lowest BCUT2D eigenvalue weighted by Gasteiger charge is -2.22. The molecular formula is C11H15Cl2NO. The van der Waals surface area contributed by atoms with Gasteiger partial charge in [-0.05, 0) is 30.2 Å². The zero-order valence-electron chi connectivity index (χ0n) is 8.84. The molecular weight excluding hydrogens is 233 g/mol. The molecule has 1 aromatic carbocycles. The maximum absolute atomic E-state index is 6.06. The Morgan fingerprint density at radius 3 is 2.60 bits per heavy atom. The number of rotatable bonds is 4. The third-order valence-corrected chi connectivity index (χ3v) is 3.00. The third kappa shape index (κ3) is 3.08. The first-order valence-corrected chi connectivity index (χ1v) is 5.59. The molecule has 0 radical (unpaired) electrons. The molecule has 1 rings (SSSR count). The molecule has 2 unspecified atom stereocenters. The van der Waals surface area contributed by atoms with Crippen molar-refractivity contribution in [2.45, 2.75) is 25.5 Å². The minimum atomic E-state index is -0.244. The van der Waals surface area contributed by atoms with Gasteiger partial charge in [-0.2, -0.15) is 0 Å². The van der Waals surface area contributed by atoms with Crippen LogP contribution in [0.1, 0.15) is 24.9 Å². The van der Waals surface area contributed by atoms with Gasteiger partial charge in [0, 0.05) is 17.2 Å². The van der Waals surface area contributed by atoms with Gasteiger partial charge in [-0.25, -0.2) is 0 Å². The zero-order valence-corrected chi connectivity index (χ0v) is 10.3. The Morgan fingerprint density at radius 2 is 2.07 bits per heavy atom. The predicted octanol–water partition coefficient (Wildman–Crippen LogP) is 3.42. The van der Waals surface area contributed by atoms with Crippen LogP contribution in [0.15, 0.2) is 18.2 Å². The molecule has 0 aliphatic heterocycles. The van der Waals surface area contributed by atoms with Crippen molar-refractivity contribution >= 4 is 23.2 Å². The van der Waals surface area contributed by atoms with Gasteiger partial charge in [0.15, 0.2) is 0 Å². The molecule has 0 aromatic heterocycles. The second kappa shape index (κ2) is 5.71. The fourth-order valence-corrected chi connectivity index (χ4v) is 1.96. The number of methoxy groups -OCH3 is 1. The van der Waals surface area contributed by atoms with E-state index >= 15 is 0 Å². The number of hydrogen-bond acceptors (Lipinski definition) is 2. The average molecular weight is 248 g/mol. The molecule has 0 saturated carbocycles. The molecule has 2 atom stereocenters. The summed E-state index contributed by atoms with van der Waals surface area (Å²) in [6.07, 6.45) is 0.793. The summed E-state index contributed by atoms with van der Waals surface area (Å²) in [5.74, 6) is 0. The molecule has 4 heteroatoms. The molecule has 0 saturated heterocycles. The monoisotopic (exact) mass is 247 g/mol. The smallest absolute Gasteiger partial charge is 0.0761 e. The molecule has 0 spiro atoms. The minimum absolute atomic E-state index is 0.0408. The standard InChI is InChI=1S/C11H15Cl2NO/c1-3-10(15-2)11(14)8-6-7(12)4-5-9(8)13/h4-6,10-11H,3,14H2,1-2H3. The van der Waals surface area contributed by atoms with Crippen LogP contribution >= 0.6 is 23.2 Å². The summed E-state index contributed by atoms with van der Waals surface area (Å²) in [5.41, 5.74) is 6.89. The second-order valence-corrected chi connectivity index (χ2v) is 4.22. The second-order valence-electron chi connectivity index (χ2n) is 3.37. The van der Waals surface area contributed by atoms with Crippen molar-refractivity contribution in [1.29, 1.82) is 0 Å². The van der Waals surface area contributed by atoms with E-state index in [1.807, 2.05) is 6.92 Å². The van der Waals surface area contributed by atoms with Gasteiger partial charge in [-0.1, -0.05) is 30.1 Å². The summed E-state index contributed by atoms with van der Waals surface area (Å²) in [6.45, 7) is 2.02. The van der Waals surface area contributed by atoms with Crippen molar-refractivity contribution < 1.29 is 4.74 Å². The number of hydrogen-bond donors (Lipinski definition) is 1. The highest BCUT2D eigenvalue weighted by atomic mass is 35.5. The van der Waals surface area contributed by atoms with Crippen LogP contribution in [0.25, 0.3) is 0 Å². The van der Waals surface area contributed by atoms with Crippen LogP contribution in [0.5, 0.6) is 0 Å². The van der Waals surface area contributed by atoms with Gasteiger partial charge in [0.05, 0.1) is 12.1 Å². The molecule has 2 nitrogen and oxygen atoms in total. The van der Waals surface area contributed by atoms with Crippen molar-refractivity contribution in [2.75, 3.05) is 7.11 Å². The van der Waals surface area contributed by atoms with Gasteiger partial charge in [0.1, 0.15) is 0 Å². The highest BCUT2D eigenvalue weighted by Gasteiger charge is 2.19. The topological polar surface area (TPSA) is 35.2 Å². The zero-order chi connectivity index (χ0) is 11.4. The van der Waals surface area contributed by atoms with E-state index in [-0.39, 0.29) is 12.1 Å². The van der Waals surface area contributed by atoms with E-state index in [2.05, 4.69) is 0 Å². The Labute approximate surface area is 100 Å². The third-order valence-electron chi connectivity index (χ3n) is 2.42. The fraction of sp³-hybridized carbons (Fsp3) is 0.455. The van der Waals surface area contributed by atoms with Crippen LogP contribution in [-0.2, 0) is 4.74 Å². The van der Waals surface area contributed by atoms with Crippen molar-refractivity contribution in [3.05, 3.63) is 33.8 Å². The highest BCUT2D eigenvalue weighted by molar-refractivity contribution is 6.33. The summed E-state index contributed by atoms with van der Waals surface area (Å²) in [6, 6.07) is 5.04. The molecule has 0 fully saturated rings. The van der Waals surface area contributed by atoms with E-state index in [1.54, 1.807) is 25.3 Å². The van der Waals surface area contributed by atoms with E-state index in [0.29, 0.717) is 10.0 Å². The largest absolute Gasteiger partial charge is 0.379 e. The molecule has 0 aliphatic rings. The van der Waals surface area contributed by atoms with Crippen LogP contribution in [0.2, 0.25) is 10.0 Å². The van der Waals surface area contributed by atoms with Crippen molar-refractivity contribution in [3.63, 3.8) is 0 Å². The van der Waals surface area contributed by atoms with Crippen LogP contribution in [0.4, 0.5) is 0 Å². The first kappa shape index (κ1) is 12.8. The summed E-state index contributed by atoms with van der Waals surface area (Å²) < 4.78 is 5.28. The van der Waals surface area contributed by atoms with E-state index in [1.165, 1.54) is 0 Å². The first-order chi connectivity index (χ1) is 7.10. The van der Waals surface area contributed by atoms with Crippen LogP contribution < -0.4 is 5.73 Å². The first-order valence-electron chi connectivity index (χ1n) is 4.83. The lowest BCUT2D eigenvalue weighted by atomic mass is 10.0. The average Bonchev–Trinajstić information content (AvgIpc) is 2.23. The number of halogens is 2. The quantitative estimate of drug-likeness (QED) is 0.886. The van der Waals surface area contributed by atoms with Crippen LogP contribution in [0, 0.1) is 0 Å². The summed E-state index contributed by atoms with van der Waals surface area (Å²) in [4.78, 5) is 0. The molecule has 84 valence electrons. The molecule has 1 aromatic rings. The van der Waals surface area contributed by atoms with Gasteiger partial charge >= 0.3 is 0 Å². The van der Waals surface area contributed by atoms with E-state index in [9.17, 15) is 0 Å². The van der Waals surface area contributed by atoms with Crippen molar-refractivity contribution in [2.24, 2.45) is 5.73 Å². The van der Waals surface area contributed by atoms with E-state index in [4.69, 9.17) is 33.7 Å². The van der Waals surface area contributed by atoms with Gasteiger partial charge in [0.25, 0.3) is 0 Å². The van der Waals surface area contributed by atoms with Crippen LogP contribution in [0.3, 0.4) is 0 Å². The minimum Gasteiger partial charge on any atom is -0.379 e. The van der Waals surface area contributed by atoms with Gasteiger partial charge in [-0.15, -0.1) is 0 Å². The number of nitrogens with two attached hydrogens (primary N) is 1. The molecule has 0 heterocycles. The Bertz CT molecular complexity index is 326. The van der Waals surface area contributed by atoms with Crippen LogP contribution in [-0.4, -0.2) is 13.2 Å². The molecule has 0 aliphatic carbocycles. The lowest BCUT2D eigenvalue weighted by molar-refractivity contribution is 0.0772. The predicted molar refractivity (Wildman–Crippen MR) is 64.5 cm³/mol. The Morgan fingerprint density at radius 1 is 1.40 bits per heavy atom. The van der Waals surface area contributed by atoms with Gasteiger partial charge in [0.2, 0.25) is 0 Å². The molecule has 15 heavy (non-hydrogen) atoms. The molecule has 0 bridgehead atoms. The Balaban J connectivity index is 2.98. The molecule has 0 amide bonds. The maximum Gasteiger partial charge on any atom is 0.0761 e. The highest BCUT2D eigenvalue weighted by Crippen LogP contribution is 2.28. The SMILES string of the molecule is CCC(OC)C(N)c1cc(Cl)ccc1Cl. The van der Waals surface area contributed by atoms with Crippen molar-refractivity contribution in [3.8, 4) is 0 Å². The van der Waals surface area contributed by atoms with E-state index in [0.717, 1.165) is 12.0 Å². The van der Waals surface area contributed by atoms with Crippen molar-refractivity contribution in [1.82, 2.24) is 0 Å². The maximum atomic E-state index is 6.06. The summed E-state index contributed by atoms with van der Waals surface area (Å²) in [7, 11) is 1.65. The van der Waals surface area contributed by atoms with E-state index < -0.39 is 0 Å². The number of benzene rings is 1. The summed E-state index contributed by atoms with van der Waals surface area (Å²) in [5, 5.41) is 1.26. The summed E-state index contributed by atoms with van der Waals surface area (Å²) >= 11 is 12.0. The lowest BCUT2D eigenvalue weighted by Crippen LogP contribution is -2.27. The van der Waals surface area contributed by atoms with Gasteiger partial charge in [-0.3, -0.25) is 0 Å². The normalized spacial score (nSPS) is 15.0. The fourth-order valence-electron chi connectivity index (χ4n) is 1.54. The Kier molecular flexibility index (Phi) is 4.87. The van der Waals surface area contributed by atoms with Gasteiger partial charge < -0.3 is 10.5 Å². The Hall–Kier alpha value is -0.280.